The molecule has 0 aliphatic rings. The van der Waals surface area contributed by atoms with Gasteiger partial charge in [0.1, 0.15) is 6.04 Å². The number of rotatable bonds is 14. The highest BCUT2D eigenvalue weighted by Crippen LogP contribution is 2.05. The smallest absolute Gasteiger partial charge is 0.278 e. The van der Waals surface area contributed by atoms with Crippen LogP contribution in [0.2, 0.25) is 0 Å². The molecule has 0 fully saturated rings. The maximum Gasteiger partial charge on any atom is 0.278 e. The number of carboxylic acid groups (broad SMARTS) is 1. The zero-order valence-electron chi connectivity index (χ0n) is 15.0. The number of nitrogens with one attached hydrogen (secondary N) is 2. The molecule has 2 amide bonds. The zero-order valence-corrected chi connectivity index (χ0v) is 17.5. The summed E-state index contributed by atoms with van der Waals surface area (Å²) in [6.45, 7) is 0. The first-order valence-electron chi connectivity index (χ1n) is 7.98. The summed E-state index contributed by atoms with van der Waals surface area (Å²) in [5.41, 5.74) is 3.83. The van der Waals surface area contributed by atoms with Crippen molar-refractivity contribution in [2.45, 2.75) is 37.4 Å². The molecule has 10 heteroatoms. The van der Waals surface area contributed by atoms with Crippen molar-refractivity contribution >= 4 is 53.1 Å². The summed E-state index contributed by atoms with van der Waals surface area (Å²) in [6.07, 6.45) is 7.05. The van der Waals surface area contributed by atoms with Crippen molar-refractivity contribution in [1.29, 1.82) is 0 Å². The molecule has 5 N–H and O–H groups in total. The third kappa shape index (κ3) is 10.9. The van der Waals surface area contributed by atoms with E-state index in [9.17, 15) is 19.5 Å². The molecule has 0 aliphatic carbocycles. The highest BCUT2D eigenvalue weighted by atomic mass is 32.2. The normalized spacial score (nSPS) is 14.4. The number of hydrogen-bond donors (Lipinski definition) is 3. The lowest BCUT2D eigenvalue weighted by Gasteiger charge is -2.24. The minimum atomic E-state index is -1.31. The van der Waals surface area contributed by atoms with Crippen molar-refractivity contribution in [2.75, 3.05) is 36.0 Å². The number of amides is 2. The SMILES string of the molecule is CSCC[C@H](NC(=O)[C@H](CCSC)NC(=O)[C@@H]([NH3+])CCSC)C(=O)[O-]. The van der Waals surface area contributed by atoms with Crippen LogP contribution in [0.3, 0.4) is 0 Å². The predicted molar refractivity (Wildman–Crippen MR) is 105 cm³/mol. The number of aliphatic carboxylic acids is 1. The van der Waals surface area contributed by atoms with Crippen LogP contribution in [-0.2, 0) is 14.4 Å². The molecule has 3 atom stereocenters. The average molecular weight is 412 g/mol. The summed E-state index contributed by atoms with van der Waals surface area (Å²) in [7, 11) is 0. The summed E-state index contributed by atoms with van der Waals surface area (Å²) >= 11 is 4.68. The third-order valence-corrected chi connectivity index (χ3v) is 5.43. The van der Waals surface area contributed by atoms with Crippen LogP contribution >= 0.6 is 35.3 Å². The molecule has 0 rings (SSSR count). The van der Waals surface area contributed by atoms with Crippen LogP contribution in [0.25, 0.3) is 0 Å². The molecule has 0 aromatic carbocycles. The Morgan fingerprint density at radius 3 is 1.76 bits per heavy atom. The summed E-state index contributed by atoms with van der Waals surface area (Å²) in [5, 5.41) is 16.4. The monoisotopic (exact) mass is 411 g/mol. The highest BCUT2D eigenvalue weighted by molar-refractivity contribution is 7.98. The zero-order chi connectivity index (χ0) is 19.2. The van der Waals surface area contributed by atoms with E-state index in [0.717, 1.165) is 5.75 Å². The van der Waals surface area contributed by atoms with Gasteiger partial charge >= 0.3 is 0 Å². The molecular formula is C15H29N3O4S3. The van der Waals surface area contributed by atoms with Crippen LogP contribution in [0, 0.1) is 0 Å². The Labute approximate surface area is 162 Å². The van der Waals surface area contributed by atoms with Gasteiger partial charge < -0.3 is 26.3 Å². The summed E-state index contributed by atoms with van der Waals surface area (Å²) < 4.78 is 0. The van der Waals surface area contributed by atoms with E-state index in [4.69, 9.17) is 0 Å². The maximum absolute atomic E-state index is 12.4. The van der Waals surface area contributed by atoms with Gasteiger partial charge in [-0.25, -0.2) is 0 Å². The summed E-state index contributed by atoms with van der Waals surface area (Å²) in [4.78, 5) is 35.8. The number of carbonyl (C=O) groups excluding carboxylic acids is 3. The Morgan fingerprint density at radius 2 is 1.28 bits per heavy atom. The maximum atomic E-state index is 12.4. The Hall–Kier alpha value is -0.580. The second kappa shape index (κ2) is 14.6. The lowest BCUT2D eigenvalue weighted by atomic mass is 10.1. The first-order chi connectivity index (χ1) is 11.9. The molecule has 0 heterocycles. The molecule has 0 aromatic heterocycles. The van der Waals surface area contributed by atoms with E-state index in [1.54, 1.807) is 23.5 Å². The van der Waals surface area contributed by atoms with Crippen LogP contribution < -0.4 is 21.5 Å². The molecule has 7 nitrogen and oxygen atoms in total. The summed E-state index contributed by atoms with van der Waals surface area (Å²) in [5.74, 6) is -0.0149. The number of hydrogen-bond acceptors (Lipinski definition) is 7. The molecule has 0 spiro atoms. The van der Waals surface area contributed by atoms with Crippen molar-refractivity contribution in [3.8, 4) is 0 Å². The number of carboxylic acids is 1. The van der Waals surface area contributed by atoms with Crippen LogP contribution in [0.1, 0.15) is 19.3 Å². The fourth-order valence-electron chi connectivity index (χ4n) is 1.94. The Kier molecular flexibility index (Phi) is 14.2. The van der Waals surface area contributed by atoms with E-state index in [1.807, 2.05) is 18.8 Å². The van der Waals surface area contributed by atoms with Crippen molar-refractivity contribution in [3.63, 3.8) is 0 Å². The average Bonchev–Trinajstić information content (AvgIpc) is 2.59. The van der Waals surface area contributed by atoms with Gasteiger partial charge in [0.15, 0.2) is 6.04 Å². The van der Waals surface area contributed by atoms with Crippen molar-refractivity contribution in [1.82, 2.24) is 10.6 Å². The van der Waals surface area contributed by atoms with Gasteiger partial charge in [0.2, 0.25) is 5.91 Å². The van der Waals surface area contributed by atoms with Crippen molar-refractivity contribution < 1.29 is 25.2 Å². The second-order valence-electron chi connectivity index (χ2n) is 5.48. The first kappa shape index (κ1) is 24.4. The lowest BCUT2D eigenvalue weighted by molar-refractivity contribution is -0.404. The number of carbonyl (C=O) groups is 3. The Balaban J connectivity index is 4.83. The molecule has 0 aliphatic heterocycles. The molecule has 0 bridgehead atoms. The van der Waals surface area contributed by atoms with Gasteiger partial charge in [0.25, 0.3) is 5.91 Å². The fourth-order valence-corrected chi connectivity index (χ4v) is 3.41. The fraction of sp³-hybridized carbons (Fsp3) is 0.800. The van der Waals surface area contributed by atoms with Crippen LogP contribution in [0.15, 0.2) is 0 Å². The van der Waals surface area contributed by atoms with Crippen LogP contribution in [0.5, 0.6) is 0 Å². The molecule has 25 heavy (non-hydrogen) atoms. The Bertz CT molecular complexity index is 427. The van der Waals surface area contributed by atoms with Gasteiger partial charge in [0.05, 0.1) is 12.0 Å². The van der Waals surface area contributed by atoms with Crippen molar-refractivity contribution in [3.05, 3.63) is 0 Å². The molecule has 146 valence electrons. The Morgan fingerprint density at radius 1 is 0.840 bits per heavy atom. The van der Waals surface area contributed by atoms with Gasteiger partial charge in [-0.3, -0.25) is 9.59 Å². The number of thioether (sulfide) groups is 3. The predicted octanol–water partition coefficient (Wildman–Crippen LogP) is -1.42. The quantitative estimate of drug-likeness (QED) is 0.320. The van der Waals surface area contributed by atoms with Crippen LogP contribution in [-0.4, -0.2) is 71.9 Å². The highest BCUT2D eigenvalue weighted by Gasteiger charge is 2.26. The largest absolute Gasteiger partial charge is 0.548 e. The van der Waals surface area contributed by atoms with E-state index in [1.165, 1.54) is 11.8 Å². The van der Waals surface area contributed by atoms with E-state index < -0.39 is 30.0 Å². The second-order valence-corrected chi connectivity index (χ2v) is 8.44. The molecule has 0 saturated carbocycles. The van der Waals surface area contributed by atoms with Gasteiger partial charge in [-0.2, -0.15) is 35.3 Å². The number of quaternary nitrogens is 1. The van der Waals surface area contributed by atoms with E-state index in [0.29, 0.717) is 24.3 Å². The molecule has 0 unspecified atom stereocenters. The van der Waals surface area contributed by atoms with Crippen LogP contribution in [0.4, 0.5) is 0 Å². The molecule has 0 saturated heterocycles. The lowest BCUT2D eigenvalue weighted by Crippen LogP contribution is -2.69. The van der Waals surface area contributed by atoms with Gasteiger partial charge in [-0.05, 0) is 48.9 Å². The van der Waals surface area contributed by atoms with Gasteiger partial charge in [-0.1, -0.05) is 0 Å². The standard InChI is InChI=1S/C15H29N3O4S3/c1-23-7-4-10(16)13(19)17-11(5-8-24-2)14(20)18-12(15(21)22)6-9-25-3/h10-12H,4-9,16H2,1-3H3,(H,17,19)(H,18,20)(H,21,22)/t10-,11-,12-/m0/s1. The minimum absolute atomic E-state index is 0.282. The van der Waals surface area contributed by atoms with Gasteiger partial charge in [-0.15, -0.1) is 0 Å². The third-order valence-electron chi connectivity index (χ3n) is 3.50. The molecular weight excluding hydrogens is 382 g/mol. The molecule has 0 aromatic rings. The van der Waals surface area contributed by atoms with Crippen molar-refractivity contribution in [2.24, 2.45) is 0 Å². The van der Waals surface area contributed by atoms with Gasteiger partial charge in [0, 0.05) is 6.42 Å². The van der Waals surface area contributed by atoms with E-state index >= 15 is 0 Å². The van der Waals surface area contributed by atoms with E-state index in [2.05, 4.69) is 16.4 Å². The summed E-state index contributed by atoms with van der Waals surface area (Å²) in [6, 6.07) is -2.26. The van der Waals surface area contributed by atoms with E-state index in [-0.39, 0.29) is 12.3 Å². The topological polar surface area (TPSA) is 126 Å². The first-order valence-corrected chi connectivity index (χ1v) is 12.2. The minimum Gasteiger partial charge on any atom is -0.548 e. The molecule has 0 radical (unpaired) electrons.